The zero-order valence-corrected chi connectivity index (χ0v) is 18.6. The molecule has 148 valence electrons. The smallest absolute Gasteiger partial charge is 0.261 e. The molecule has 4 rings (SSSR count). The Kier molecular flexibility index (Phi) is 4.89. The van der Waals surface area contributed by atoms with Crippen LogP contribution in [-0.2, 0) is 9.16 Å². The summed E-state index contributed by atoms with van der Waals surface area (Å²) in [6.07, 6.45) is 0.928. The van der Waals surface area contributed by atoms with E-state index in [4.69, 9.17) is 9.16 Å². The van der Waals surface area contributed by atoms with Gasteiger partial charge in [0.05, 0.1) is 18.8 Å². The van der Waals surface area contributed by atoms with Gasteiger partial charge in [-0.15, -0.1) is 0 Å². The summed E-state index contributed by atoms with van der Waals surface area (Å²) in [5.41, 5.74) is 1.12. The predicted molar refractivity (Wildman–Crippen MR) is 119 cm³/mol. The molecule has 1 heterocycles. The molecule has 1 saturated carbocycles. The maximum atomic E-state index is 7.16. The predicted octanol–water partition coefficient (Wildman–Crippen LogP) is 4.54. The van der Waals surface area contributed by atoms with E-state index in [0.29, 0.717) is 18.4 Å². The number of fused-ring (bicyclic) bond motifs is 2. The second-order valence-electron chi connectivity index (χ2n) is 9.56. The molecule has 1 aliphatic heterocycles. The normalized spacial score (nSPS) is 27.4. The number of hydrogen-bond donors (Lipinski definition) is 0. The van der Waals surface area contributed by atoms with Gasteiger partial charge in [-0.25, -0.2) is 0 Å². The first-order valence-corrected chi connectivity index (χ1v) is 12.3. The number of benzene rings is 2. The third kappa shape index (κ3) is 2.92. The van der Waals surface area contributed by atoms with Gasteiger partial charge in [-0.05, 0) is 27.8 Å². The molecule has 1 saturated heterocycles. The van der Waals surface area contributed by atoms with E-state index in [-0.39, 0.29) is 10.6 Å². The highest BCUT2D eigenvalue weighted by molar-refractivity contribution is 6.99. The van der Waals surface area contributed by atoms with Gasteiger partial charge in [0.25, 0.3) is 8.32 Å². The quantitative estimate of drug-likeness (QED) is 0.549. The van der Waals surface area contributed by atoms with E-state index in [0.717, 1.165) is 13.0 Å². The Labute approximate surface area is 170 Å². The molecule has 0 radical (unpaired) electrons. The summed E-state index contributed by atoms with van der Waals surface area (Å²) in [5, 5.41) is 2.64. The molecule has 2 nitrogen and oxygen atoms in total. The fraction of sp³-hybridized carbons (Fsp3) is 0.440. The van der Waals surface area contributed by atoms with E-state index in [1.807, 2.05) is 0 Å². The van der Waals surface area contributed by atoms with Gasteiger partial charge in [0.1, 0.15) is 0 Å². The highest BCUT2D eigenvalue weighted by Gasteiger charge is 2.57. The van der Waals surface area contributed by atoms with Crippen LogP contribution in [0.4, 0.5) is 0 Å². The van der Waals surface area contributed by atoms with Gasteiger partial charge in [0.2, 0.25) is 0 Å². The molecule has 0 unspecified atom stereocenters. The maximum absolute atomic E-state index is 7.16. The molecule has 2 aromatic carbocycles. The summed E-state index contributed by atoms with van der Waals surface area (Å²) in [7, 11) is -2.52. The van der Waals surface area contributed by atoms with Crippen molar-refractivity contribution in [1.82, 2.24) is 0 Å². The molecular formula is C25H32O2Si. The first kappa shape index (κ1) is 19.6. The molecule has 0 N–H and O–H groups in total. The van der Waals surface area contributed by atoms with E-state index in [9.17, 15) is 0 Å². The lowest BCUT2D eigenvalue weighted by molar-refractivity contribution is -0.0533. The minimum absolute atomic E-state index is 0.0107. The van der Waals surface area contributed by atoms with Crippen molar-refractivity contribution in [3.8, 4) is 0 Å². The zero-order chi connectivity index (χ0) is 20.0. The second-order valence-corrected chi connectivity index (χ2v) is 13.9. The molecule has 2 aromatic rings. The Bertz CT molecular complexity index is 800. The molecule has 0 spiro atoms. The zero-order valence-electron chi connectivity index (χ0n) is 17.6. The fourth-order valence-electron chi connectivity index (χ4n) is 5.31. The van der Waals surface area contributed by atoms with Gasteiger partial charge in [-0.3, -0.25) is 0 Å². The lowest BCUT2D eigenvalue weighted by Crippen LogP contribution is -2.67. The van der Waals surface area contributed by atoms with Crippen LogP contribution < -0.4 is 10.4 Å². The molecule has 0 amide bonds. The van der Waals surface area contributed by atoms with Gasteiger partial charge < -0.3 is 9.16 Å². The van der Waals surface area contributed by atoms with Crippen molar-refractivity contribution in [1.29, 1.82) is 0 Å². The molecule has 1 aliphatic carbocycles. The van der Waals surface area contributed by atoms with E-state index in [1.54, 1.807) is 0 Å². The van der Waals surface area contributed by atoms with Gasteiger partial charge in [-0.2, -0.15) is 0 Å². The Morgan fingerprint density at radius 2 is 1.57 bits per heavy atom. The van der Waals surface area contributed by atoms with Crippen LogP contribution in [0.15, 0.2) is 72.8 Å². The summed E-state index contributed by atoms with van der Waals surface area (Å²) < 4.78 is 13.5. The van der Waals surface area contributed by atoms with Crippen molar-refractivity contribution in [2.75, 3.05) is 13.2 Å². The first-order chi connectivity index (χ1) is 13.3. The monoisotopic (exact) mass is 392 g/mol. The number of rotatable bonds is 5. The van der Waals surface area contributed by atoms with Crippen molar-refractivity contribution in [2.45, 2.75) is 44.8 Å². The molecule has 3 atom stereocenters. The third-order valence-electron chi connectivity index (χ3n) is 6.98. The Hall–Kier alpha value is -1.68. The largest absolute Gasteiger partial charge is 0.404 e. The van der Waals surface area contributed by atoms with Gasteiger partial charge in [0, 0.05) is 5.92 Å². The molecule has 2 bridgehead atoms. The summed E-state index contributed by atoms with van der Waals surface area (Å²) in [6.45, 7) is 15.0. The van der Waals surface area contributed by atoms with Crippen LogP contribution in [0.25, 0.3) is 0 Å². The highest BCUT2D eigenvalue weighted by Crippen LogP contribution is 2.52. The van der Waals surface area contributed by atoms with Crippen LogP contribution >= 0.6 is 0 Å². The van der Waals surface area contributed by atoms with E-state index in [1.165, 1.54) is 15.9 Å². The van der Waals surface area contributed by atoms with E-state index in [2.05, 4.69) is 94.9 Å². The van der Waals surface area contributed by atoms with Gasteiger partial charge in [0.15, 0.2) is 0 Å². The van der Waals surface area contributed by atoms with Crippen LogP contribution in [0, 0.1) is 11.8 Å². The Morgan fingerprint density at radius 3 is 1.96 bits per heavy atom. The van der Waals surface area contributed by atoms with Gasteiger partial charge >= 0.3 is 0 Å². The van der Waals surface area contributed by atoms with Crippen LogP contribution in [0.2, 0.25) is 5.04 Å². The first-order valence-electron chi connectivity index (χ1n) is 10.4. The number of hydrogen-bond acceptors (Lipinski definition) is 2. The molecular weight excluding hydrogens is 360 g/mol. The fourth-order valence-corrected chi connectivity index (χ4v) is 9.93. The average Bonchev–Trinajstić information content (AvgIpc) is 3.11. The number of ether oxygens (including phenoxy) is 1. The SMILES string of the molecule is C=C1C[C@@]2(CO[Si](c3ccccc3)(c3ccccc3)C(C)(C)C)OC[C@@H]1[C@@H]2C. The highest BCUT2D eigenvalue weighted by atomic mass is 28.4. The summed E-state index contributed by atoms with van der Waals surface area (Å²) in [5.74, 6) is 0.959. The summed E-state index contributed by atoms with van der Waals surface area (Å²) in [6, 6.07) is 21.7. The molecule has 0 aromatic heterocycles. The Morgan fingerprint density at radius 1 is 1.04 bits per heavy atom. The van der Waals surface area contributed by atoms with Crippen LogP contribution in [0.3, 0.4) is 0 Å². The molecule has 28 heavy (non-hydrogen) atoms. The van der Waals surface area contributed by atoms with Crippen molar-refractivity contribution < 1.29 is 9.16 Å². The average molecular weight is 393 g/mol. The lowest BCUT2D eigenvalue weighted by atomic mass is 9.91. The molecule has 3 heteroatoms. The van der Waals surface area contributed by atoms with Crippen molar-refractivity contribution >= 4 is 18.7 Å². The lowest BCUT2D eigenvalue weighted by Gasteiger charge is -2.45. The minimum Gasteiger partial charge on any atom is -0.404 e. The van der Waals surface area contributed by atoms with E-state index >= 15 is 0 Å². The summed E-state index contributed by atoms with van der Waals surface area (Å²) in [4.78, 5) is 0. The van der Waals surface area contributed by atoms with Crippen molar-refractivity contribution in [3.63, 3.8) is 0 Å². The summed E-state index contributed by atoms with van der Waals surface area (Å²) >= 11 is 0. The third-order valence-corrected chi connectivity index (χ3v) is 12.0. The standard InChI is InChI=1S/C25H32O2Si/c1-19-16-25(20(2)23(19)17-26-25)18-27-28(24(3,4)5,21-12-8-6-9-13-21)22-14-10-7-11-15-22/h6-15,20,23H,1,16-18H2,2-5H3/t20-,23-,25-/m0/s1. The van der Waals surface area contributed by atoms with Crippen LogP contribution in [0.1, 0.15) is 34.1 Å². The Balaban J connectivity index is 1.79. The second kappa shape index (κ2) is 6.98. The molecule has 2 fully saturated rings. The van der Waals surface area contributed by atoms with Gasteiger partial charge in [-0.1, -0.05) is 101 Å². The minimum atomic E-state index is -2.52. The van der Waals surface area contributed by atoms with Crippen molar-refractivity contribution in [3.05, 3.63) is 72.8 Å². The van der Waals surface area contributed by atoms with Crippen LogP contribution in [-0.4, -0.2) is 27.1 Å². The maximum Gasteiger partial charge on any atom is 0.261 e. The van der Waals surface area contributed by atoms with Crippen molar-refractivity contribution in [2.24, 2.45) is 11.8 Å². The van der Waals surface area contributed by atoms with Crippen LogP contribution in [0.5, 0.6) is 0 Å². The van der Waals surface area contributed by atoms with E-state index < -0.39 is 8.32 Å². The topological polar surface area (TPSA) is 18.5 Å². The molecule has 2 aliphatic rings.